The van der Waals surface area contributed by atoms with Gasteiger partial charge in [-0.05, 0) is 34.9 Å². The van der Waals surface area contributed by atoms with Crippen molar-refractivity contribution in [1.82, 2.24) is 4.98 Å². The maximum atomic E-state index is 11.6. The summed E-state index contributed by atoms with van der Waals surface area (Å²) in [7, 11) is 0. The van der Waals surface area contributed by atoms with Crippen LogP contribution >= 0.6 is 0 Å². The second-order valence-corrected chi connectivity index (χ2v) is 4.69. The predicted octanol–water partition coefficient (Wildman–Crippen LogP) is 1.79. The zero-order chi connectivity index (χ0) is 14.1. The molecule has 1 aromatic heterocycles. The largest absolute Gasteiger partial charge is 0.481 e. The number of nitrogens with zero attached hydrogens (tertiary/aromatic N) is 1. The summed E-state index contributed by atoms with van der Waals surface area (Å²) in [5.74, 6) is -1.74. The molecule has 1 atom stereocenters. The number of fused-ring (bicyclic) bond motifs is 1. The smallest absolute Gasteiger partial charge is 0.315 e. The van der Waals surface area contributed by atoms with Crippen LogP contribution in [-0.2, 0) is 16.0 Å². The quantitative estimate of drug-likeness (QED) is 0.889. The Morgan fingerprint density at radius 3 is 2.65 bits per heavy atom. The highest BCUT2D eigenvalue weighted by Gasteiger charge is 2.25. The van der Waals surface area contributed by atoms with Gasteiger partial charge < -0.3 is 10.4 Å². The molecule has 1 unspecified atom stereocenters. The molecule has 1 aromatic carbocycles. The van der Waals surface area contributed by atoms with Gasteiger partial charge in [-0.3, -0.25) is 14.6 Å². The minimum atomic E-state index is -0.923. The minimum Gasteiger partial charge on any atom is -0.481 e. The highest BCUT2D eigenvalue weighted by atomic mass is 16.4. The summed E-state index contributed by atoms with van der Waals surface area (Å²) in [6, 6.07) is 8.66. The van der Waals surface area contributed by atoms with Gasteiger partial charge in [-0.15, -0.1) is 0 Å². The van der Waals surface area contributed by atoms with Gasteiger partial charge in [0, 0.05) is 18.1 Å². The molecule has 0 saturated carbocycles. The number of hydrogen-bond acceptors (Lipinski definition) is 3. The first-order chi connectivity index (χ1) is 9.65. The molecule has 1 aliphatic rings. The number of carboxylic acids is 1. The molecule has 5 nitrogen and oxygen atoms in total. The number of amides is 1. The molecule has 2 N–H and O–H groups in total. The molecule has 0 spiro atoms. The van der Waals surface area contributed by atoms with E-state index in [-0.39, 0.29) is 5.91 Å². The van der Waals surface area contributed by atoms with Crippen LogP contribution in [-0.4, -0.2) is 22.0 Å². The van der Waals surface area contributed by atoms with Crippen molar-refractivity contribution in [3.05, 3.63) is 59.4 Å². The van der Waals surface area contributed by atoms with E-state index >= 15 is 0 Å². The molecular weight excluding hydrogens is 256 g/mol. The lowest BCUT2D eigenvalue weighted by molar-refractivity contribution is -0.137. The number of nitrogens with one attached hydrogen (secondary N) is 1. The fourth-order valence-electron chi connectivity index (χ4n) is 2.46. The van der Waals surface area contributed by atoms with Crippen molar-refractivity contribution in [2.45, 2.75) is 12.3 Å². The normalized spacial score (nSPS) is 14.5. The third-order valence-electron chi connectivity index (χ3n) is 3.37. The number of pyridine rings is 1. The van der Waals surface area contributed by atoms with Crippen molar-refractivity contribution in [1.29, 1.82) is 0 Å². The van der Waals surface area contributed by atoms with Gasteiger partial charge in [0.15, 0.2) is 0 Å². The van der Waals surface area contributed by atoms with E-state index in [9.17, 15) is 14.7 Å². The standard InChI is InChI=1S/C15H12N2O3/c18-13-8-11-7-10(1-2-12(11)17-13)14(15(19)20)9-3-5-16-6-4-9/h1-7,14H,8H2,(H,17,18)(H,19,20). The number of carbonyl (C=O) groups excluding carboxylic acids is 1. The Bertz CT molecular complexity index is 683. The lowest BCUT2D eigenvalue weighted by Crippen LogP contribution is -2.13. The number of hydrogen-bond donors (Lipinski definition) is 2. The Kier molecular flexibility index (Phi) is 2.95. The van der Waals surface area contributed by atoms with E-state index in [2.05, 4.69) is 10.3 Å². The summed E-state index contributed by atoms with van der Waals surface area (Å²) in [5, 5.41) is 12.2. The van der Waals surface area contributed by atoms with Crippen molar-refractivity contribution in [3.63, 3.8) is 0 Å². The summed E-state index contributed by atoms with van der Waals surface area (Å²) in [5.41, 5.74) is 2.94. The molecule has 0 saturated heterocycles. The van der Waals surface area contributed by atoms with Gasteiger partial charge in [-0.2, -0.15) is 0 Å². The van der Waals surface area contributed by atoms with Gasteiger partial charge in [0.05, 0.1) is 6.42 Å². The van der Waals surface area contributed by atoms with E-state index in [0.717, 1.165) is 11.3 Å². The number of anilines is 1. The maximum Gasteiger partial charge on any atom is 0.315 e. The molecule has 100 valence electrons. The van der Waals surface area contributed by atoms with Crippen molar-refractivity contribution < 1.29 is 14.7 Å². The monoisotopic (exact) mass is 268 g/mol. The number of carbonyl (C=O) groups is 2. The average Bonchev–Trinajstić information content (AvgIpc) is 2.79. The second-order valence-electron chi connectivity index (χ2n) is 4.69. The average molecular weight is 268 g/mol. The Morgan fingerprint density at radius 2 is 1.95 bits per heavy atom. The summed E-state index contributed by atoms with van der Waals surface area (Å²) >= 11 is 0. The predicted molar refractivity (Wildman–Crippen MR) is 72.5 cm³/mol. The van der Waals surface area contributed by atoms with Crippen LogP contribution in [0.2, 0.25) is 0 Å². The van der Waals surface area contributed by atoms with Crippen LogP contribution in [0, 0.1) is 0 Å². The van der Waals surface area contributed by atoms with Gasteiger partial charge in [0.2, 0.25) is 5.91 Å². The zero-order valence-corrected chi connectivity index (χ0v) is 10.5. The maximum absolute atomic E-state index is 11.6. The third-order valence-corrected chi connectivity index (χ3v) is 3.37. The van der Waals surface area contributed by atoms with Crippen molar-refractivity contribution >= 4 is 17.6 Å². The van der Waals surface area contributed by atoms with Gasteiger partial charge in [-0.1, -0.05) is 12.1 Å². The highest BCUT2D eigenvalue weighted by Crippen LogP contribution is 2.30. The number of benzene rings is 1. The van der Waals surface area contributed by atoms with Crippen molar-refractivity contribution in [2.75, 3.05) is 5.32 Å². The topological polar surface area (TPSA) is 79.3 Å². The van der Waals surface area contributed by atoms with Crippen molar-refractivity contribution in [3.8, 4) is 0 Å². The summed E-state index contributed by atoms with van der Waals surface area (Å²) in [6.45, 7) is 0. The summed E-state index contributed by atoms with van der Waals surface area (Å²) < 4.78 is 0. The van der Waals surface area contributed by atoms with Gasteiger partial charge in [-0.25, -0.2) is 0 Å². The summed E-state index contributed by atoms with van der Waals surface area (Å²) in [6.07, 6.45) is 3.44. The number of carboxylic acid groups (broad SMARTS) is 1. The number of aliphatic carboxylic acids is 1. The molecular formula is C15H12N2O3. The molecule has 3 rings (SSSR count). The molecule has 1 aliphatic heterocycles. The molecule has 2 aromatic rings. The fraction of sp³-hybridized carbons (Fsp3) is 0.133. The van der Waals surface area contributed by atoms with E-state index in [0.29, 0.717) is 17.5 Å². The Hall–Kier alpha value is -2.69. The van der Waals surface area contributed by atoms with E-state index < -0.39 is 11.9 Å². The summed E-state index contributed by atoms with van der Waals surface area (Å²) in [4.78, 5) is 26.8. The third kappa shape index (κ3) is 2.14. The lowest BCUT2D eigenvalue weighted by Gasteiger charge is -2.14. The van der Waals surface area contributed by atoms with Gasteiger partial charge in [0.1, 0.15) is 5.92 Å². The molecule has 0 aliphatic carbocycles. The first-order valence-corrected chi connectivity index (χ1v) is 6.20. The molecule has 1 amide bonds. The Balaban J connectivity index is 2.04. The van der Waals surface area contributed by atoms with E-state index in [1.54, 1.807) is 42.7 Å². The fourth-order valence-corrected chi connectivity index (χ4v) is 2.46. The first-order valence-electron chi connectivity index (χ1n) is 6.20. The van der Waals surface area contributed by atoms with Crippen molar-refractivity contribution in [2.24, 2.45) is 0 Å². The molecule has 2 heterocycles. The van der Waals surface area contributed by atoms with Crippen LogP contribution in [0.4, 0.5) is 5.69 Å². The van der Waals surface area contributed by atoms with Crippen LogP contribution in [0.5, 0.6) is 0 Å². The zero-order valence-electron chi connectivity index (χ0n) is 10.5. The van der Waals surface area contributed by atoms with Crippen LogP contribution in [0.1, 0.15) is 22.6 Å². The molecule has 0 fully saturated rings. The van der Waals surface area contributed by atoms with E-state index in [1.807, 2.05) is 0 Å². The molecule has 0 radical (unpaired) electrons. The lowest BCUT2D eigenvalue weighted by atomic mass is 9.90. The van der Waals surface area contributed by atoms with Crippen LogP contribution in [0.3, 0.4) is 0 Å². The number of rotatable bonds is 3. The van der Waals surface area contributed by atoms with E-state index in [1.165, 1.54) is 0 Å². The van der Waals surface area contributed by atoms with Gasteiger partial charge in [0.25, 0.3) is 0 Å². The van der Waals surface area contributed by atoms with E-state index in [4.69, 9.17) is 0 Å². The van der Waals surface area contributed by atoms with Crippen LogP contribution < -0.4 is 5.32 Å². The second kappa shape index (κ2) is 4.77. The van der Waals surface area contributed by atoms with Crippen LogP contribution in [0.25, 0.3) is 0 Å². The molecule has 20 heavy (non-hydrogen) atoms. The first kappa shape index (κ1) is 12.3. The Labute approximate surface area is 115 Å². The minimum absolute atomic E-state index is 0.0621. The SMILES string of the molecule is O=C1Cc2cc(C(C(=O)O)c3ccncc3)ccc2N1. The van der Waals surface area contributed by atoms with Gasteiger partial charge >= 0.3 is 5.97 Å². The van der Waals surface area contributed by atoms with Crippen LogP contribution in [0.15, 0.2) is 42.7 Å². The molecule has 0 bridgehead atoms. The number of aromatic nitrogens is 1. The Morgan fingerprint density at radius 1 is 1.20 bits per heavy atom. The highest BCUT2D eigenvalue weighted by molar-refractivity contribution is 5.99. The molecule has 5 heteroatoms.